The van der Waals surface area contributed by atoms with E-state index in [-0.39, 0.29) is 12.3 Å². The molecule has 0 radical (unpaired) electrons. The highest BCUT2D eigenvalue weighted by atomic mass is 35.5. The van der Waals surface area contributed by atoms with E-state index in [1.165, 1.54) is 22.7 Å². The van der Waals surface area contributed by atoms with Crippen molar-refractivity contribution in [3.05, 3.63) is 32.4 Å². The van der Waals surface area contributed by atoms with Crippen molar-refractivity contribution in [1.82, 2.24) is 4.98 Å². The van der Waals surface area contributed by atoms with Crippen LogP contribution in [-0.2, 0) is 11.2 Å². The van der Waals surface area contributed by atoms with Crippen LogP contribution in [0, 0.1) is 0 Å². The lowest BCUT2D eigenvalue weighted by atomic mass is 10.3. The van der Waals surface area contributed by atoms with Gasteiger partial charge in [0.25, 0.3) is 5.91 Å². The number of carbonyl (C=O) groups is 2. The van der Waals surface area contributed by atoms with E-state index < -0.39 is 5.97 Å². The number of carboxylic acid groups (broad SMARTS) is 1. The summed E-state index contributed by atoms with van der Waals surface area (Å²) in [5, 5.41) is 15.3. The van der Waals surface area contributed by atoms with Crippen molar-refractivity contribution in [2.75, 3.05) is 5.32 Å². The molecular weight excluding hydrogens is 296 g/mol. The van der Waals surface area contributed by atoms with E-state index in [0.717, 1.165) is 0 Å². The molecule has 0 spiro atoms. The Morgan fingerprint density at radius 1 is 1.44 bits per heavy atom. The second-order valence-electron chi connectivity index (χ2n) is 3.27. The van der Waals surface area contributed by atoms with Crippen LogP contribution >= 0.6 is 34.3 Å². The third kappa shape index (κ3) is 3.06. The van der Waals surface area contributed by atoms with Crippen LogP contribution in [0.3, 0.4) is 0 Å². The largest absolute Gasteiger partial charge is 0.481 e. The van der Waals surface area contributed by atoms with Gasteiger partial charge >= 0.3 is 5.97 Å². The maximum atomic E-state index is 11.8. The zero-order chi connectivity index (χ0) is 13.1. The van der Waals surface area contributed by atoms with Crippen molar-refractivity contribution in [2.45, 2.75) is 6.42 Å². The van der Waals surface area contributed by atoms with Gasteiger partial charge in [-0.05, 0) is 11.4 Å². The lowest BCUT2D eigenvalue weighted by Gasteiger charge is -1.98. The van der Waals surface area contributed by atoms with Gasteiger partial charge in [-0.25, -0.2) is 4.98 Å². The van der Waals surface area contributed by atoms with Crippen LogP contribution in [0.4, 0.5) is 5.13 Å². The fourth-order valence-corrected chi connectivity index (χ4v) is 2.95. The summed E-state index contributed by atoms with van der Waals surface area (Å²) in [5.41, 5.74) is 0.417. The summed E-state index contributed by atoms with van der Waals surface area (Å²) in [6.07, 6.45) is -0.161. The van der Waals surface area contributed by atoms with Gasteiger partial charge in [0, 0.05) is 5.38 Å². The van der Waals surface area contributed by atoms with Crippen molar-refractivity contribution in [3.63, 3.8) is 0 Å². The van der Waals surface area contributed by atoms with Gasteiger partial charge in [0.2, 0.25) is 0 Å². The molecule has 8 heteroatoms. The number of halogens is 1. The Balaban J connectivity index is 2.06. The summed E-state index contributed by atoms with van der Waals surface area (Å²) in [6, 6.07) is 1.64. The predicted molar refractivity (Wildman–Crippen MR) is 70.7 cm³/mol. The third-order valence-corrected chi connectivity index (χ3v) is 4.07. The predicted octanol–water partition coefficient (Wildman–Crippen LogP) is 2.74. The smallest absolute Gasteiger partial charge is 0.309 e. The quantitative estimate of drug-likeness (QED) is 0.910. The molecule has 0 aromatic carbocycles. The lowest BCUT2D eigenvalue weighted by Crippen LogP contribution is -2.10. The molecule has 2 heterocycles. The topological polar surface area (TPSA) is 79.3 Å². The summed E-state index contributed by atoms with van der Waals surface area (Å²) in [6.45, 7) is 0. The van der Waals surface area contributed by atoms with E-state index in [2.05, 4.69) is 10.3 Å². The number of carboxylic acids is 1. The molecule has 18 heavy (non-hydrogen) atoms. The Hall–Kier alpha value is -1.44. The first-order chi connectivity index (χ1) is 8.56. The highest BCUT2D eigenvalue weighted by Crippen LogP contribution is 2.24. The molecule has 0 saturated heterocycles. The number of thiazole rings is 1. The van der Waals surface area contributed by atoms with E-state index in [1.54, 1.807) is 16.8 Å². The molecule has 2 aromatic rings. The van der Waals surface area contributed by atoms with Crippen LogP contribution in [0.15, 0.2) is 16.8 Å². The minimum Gasteiger partial charge on any atom is -0.481 e. The molecule has 0 atom stereocenters. The van der Waals surface area contributed by atoms with Gasteiger partial charge < -0.3 is 5.11 Å². The Bertz CT molecular complexity index is 593. The highest BCUT2D eigenvalue weighted by molar-refractivity contribution is 7.14. The van der Waals surface area contributed by atoms with Gasteiger partial charge in [0.15, 0.2) is 5.13 Å². The third-order valence-electron chi connectivity index (χ3n) is 1.93. The summed E-state index contributed by atoms with van der Waals surface area (Å²) < 4.78 is 0. The molecular formula is C10H7ClN2O3S2. The SMILES string of the molecule is O=C(O)Cc1csc(NC(=O)c2sccc2Cl)n1. The monoisotopic (exact) mass is 302 g/mol. The van der Waals surface area contributed by atoms with Gasteiger partial charge in [-0.3, -0.25) is 14.9 Å². The number of thiophene rings is 1. The van der Waals surface area contributed by atoms with Crippen molar-refractivity contribution < 1.29 is 14.7 Å². The Kier molecular flexibility index (Phi) is 3.95. The van der Waals surface area contributed by atoms with Crippen LogP contribution < -0.4 is 5.32 Å². The number of nitrogens with one attached hydrogen (secondary N) is 1. The number of aromatic nitrogens is 1. The normalized spacial score (nSPS) is 10.3. The number of amides is 1. The number of rotatable bonds is 4. The van der Waals surface area contributed by atoms with Gasteiger partial charge in [-0.1, -0.05) is 11.6 Å². The lowest BCUT2D eigenvalue weighted by molar-refractivity contribution is -0.136. The summed E-state index contributed by atoms with van der Waals surface area (Å²) in [5.74, 6) is -1.30. The second-order valence-corrected chi connectivity index (χ2v) is 5.45. The maximum Gasteiger partial charge on any atom is 0.309 e. The molecule has 94 valence electrons. The number of nitrogens with zero attached hydrogens (tertiary/aromatic N) is 1. The second kappa shape index (κ2) is 5.47. The van der Waals surface area contributed by atoms with E-state index in [9.17, 15) is 9.59 Å². The van der Waals surface area contributed by atoms with Crippen LogP contribution in [0.2, 0.25) is 5.02 Å². The molecule has 0 aliphatic heterocycles. The Morgan fingerprint density at radius 3 is 2.83 bits per heavy atom. The molecule has 1 amide bonds. The molecule has 0 unspecified atom stereocenters. The number of carbonyl (C=O) groups excluding carboxylic acids is 1. The first-order valence-corrected chi connectivity index (χ1v) is 6.90. The van der Waals surface area contributed by atoms with E-state index >= 15 is 0 Å². The molecule has 0 fully saturated rings. The number of aliphatic carboxylic acids is 1. The summed E-state index contributed by atoms with van der Waals surface area (Å²) >= 11 is 8.24. The fraction of sp³-hybridized carbons (Fsp3) is 0.100. The van der Waals surface area contributed by atoms with E-state index in [4.69, 9.17) is 16.7 Å². The molecule has 0 aliphatic rings. The van der Waals surface area contributed by atoms with Gasteiger partial charge in [-0.15, -0.1) is 22.7 Å². The van der Waals surface area contributed by atoms with E-state index in [0.29, 0.717) is 20.7 Å². The summed E-state index contributed by atoms with van der Waals surface area (Å²) in [7, 11) is 0. The van der Waals surface area contributed by atoms with E-state index in [1.807, 2.05) is 0 Å². The number of anilines is 1. The average molecular weight is 303 g/mol. The summed E-state index contributed by atoms with van der Waals surface area (Å²) in [4.78, 5) is 26.7. The number of hydrogen-bond donors (Lipinski definition) is 2. The van der Waals surface area contributed by atoms with Crippen molar-refractivity contribution in [2.24, 2.45) is 0 Å². The molecule has 0 aliphatic carbocycles. The van der Waals surface area contributed by atoms with Crippen LogP contribution in [0.5, 0.6) is 0 Å². The first-order valence-electron chi connectivity index (χ1n) is 4.77. The van der Waals surface area contributed by atoms with Gasteiger partial charge in [-0.2, -0.15) is 0 Å². The fourth-order valence-electron chi connectivity index (χ4n) is 1.21. The van der Waals surface area contributed by atoms with Crippen LogP contribution in [0.25, 0.3) is 0 Å². The van der Waals surface area contributed by atoms with Crippen molar-refractivity contribution in [1.29, 1.82) is 0 Å². The molecule has 2 aromatic heterocycles. The average Bonchev–Trinajstić information content (AvgIpc) is 2.87. The van der Waals surface area contributed by atoms with Gasteiger partial charge in [0.05, 0.1) is 17.1 Å². The highest BCUT2D eigenvalue weighted by Gasteiger charge is 2.14. The van der Waals surface area contributed by atoms with Crippen molar-refractivity contribution in [3.8, 4) is 0 Å². The van der Waals surface area contributed by atoms with Gasteiger partial charge in [0.1, 0.15) is 4.88 Å². The Labute approximate surface area is 115 Å². The minimum absolute atomic E-state index is 0.161. The molecule has 0 saturated carbocycles. The molecule has 2 N–H and O–H groups in total. The first kappa shape index (κ1) is 13.0. The van der Waals surface area contributed by atoms with Crippen molar-refractivity contribution >= 4 is 51.3 Å². The van der Waals surface area contributed by atoms with Crippen LogP contribution in [-0.4, -0.2) is 22.0 Å². The Morgan fingerprint density at radius 2 is 2.22 bits per heavy atom. The maximum absolute atomic E-state index is 11.8. The standard InChI is InChI=1S/C10H7ClN2O3S2/c11-6-1-2-17-8(6)9(16)13-10-12-5(4-18-10)3-7(14)15/h1-2,4H,3H2,(H,14,15)(H,12,13,16). The van der Waals surface area contributed by atoms with Crippen LogP contribution in [0.1, 0.15) is 15.4 Å². The zero-order valence-corrected chi connectivity index (χ0v) is 11.2. The molecule has 5 nitrogen and oxygen atoms in total. The molecule has 2 rings (SSSR count). The molecule has 0 bridgehead atoms. The zero-order valence-electron chi connectivity index (χ0n) is 8.84. The number of hydrogen-bond acceptors (Lipinski definition) is 5. The minimum atomic E-state index is -0.959.